The summed E-state index contributed by atoms with van der Waals surface area (Å²) in [5.41, 5.74) is 1.20. The summed E-state index contributed by atoms with van der Waals surface area (Å²) in [5.74, 6) is 3.38. The van der Waals surface area contributed by atoms with E-state index in [1.807, 2.05) is 24.3 Å². The number of benzene rings is 1. The average Bonchev–Trinajstić information content (AvgIpc) is 3.41. The van der Waals surface area contributed by atoms with Gasteiger partial charge in [0.1, 0.15) is 5.76 Å². The number of nitrogens with one attached hydrogen (secondary N) is 2. The van der Waals surface area contributed by atoms with Crippen molar-refractivity contribution in [2.75, 3.05) is 40.0 Å². The highest BCUT2D eigenvalue weighted by Crippen LogP contribution is 2.32. The van der Waals surface area contributed by atoms with E-state index in [2.05, 4.69) is 40.4 Å². The molecule has 0 radical (unpaired) electrons. The van der Waals surface area contributed by atoms with Gasteiger partial charge in [0.2, 0.25) is 6.79 Å². The lowest BCUT2D eigenvalue weighted by Crippen LogP contribution is -2.43. The fraction of sp³-hybridized carbons (Fsp3) is 0.476. The highest BCUT2D eigenvalue weighted by atomic mass is 16.7. The number of guanidine groups is 1. The Hall–Kier alpha value is -2.67. The first-order valence-electron chi connectivity index (χ1n) is 9.85. The fourth-order valence-corrected chi connectivity index (χ4v) is 3.39. The van der Waals surface area contributed by atoms with E-state index in [0.717, 1.165) is 55.8 Å². The van der Waals surface area contributed by atoms with Crippen molar-refractivity contribution in [2.45, 2.75) is 26.3 Å². The maximum Gasteiger partial charge on any atom is 0.231 e. The van der Waals surface area contributed by atoms with Gasteiger partial charge in [0.15, 0.2) is 17.5 Å². The normalized spacial score (nSPS) is 14.4. The standard InChI is InChI=1S/C21H30N4O3/c1-4-25(5-2)17(18-7-6-12-26-18)14-24-21(22-3)23-11-10-16-8-9-19-20(13-16)28-15-27-19/h6-9,12-13,17H,4-5,10-11,14-15H2,1-3H3,(H2,22,23,24). The van der Waals surface area contributed by atoms with Crippen LogP contribution in [-0.4, -0.2) is 50.9 Å². The van der Waals surface area contributed by atoms with Gasteiger partial charge in [-0.25, -0.2) is 0 Å². The van der Waals surface area contributed by atoms with Gasteiger partial charge in [-0.2, -0.15) is 0 Å². The summed E-state index contributed by atoms with van der Waals surface area (Å²) in [6.45, 7) is 8.04. The predicted molar refractivity (Wildman–Crippen MR) is 110 cm³/mol. The second-order valence-electron chi connectivity index (χ2n) is 6.57. The van der Waals surface area contributed by atoms with Crippen molar-refractivity contribution >= 4 is 5.96 Å². The Morgan fingerprint density at radius 2 is 1.96 bits per heavy atom. The van der Waals surface area contributed by atoms with Crippen molar-refractivity contribution in [2.24, 2.45) is 4.99 Å². The molecule has 1 unspecified atom stereocenters. The minimum Gasteiger partial charge on any atom is -0.468 e. The van der Waals surface area contributed by atoms with Gasteiger partial charge in [-0.05, 0) is 49.3 Å². The Kier molecular flexibility index (Phi) is 7.19. The summed E-state index contributed by atoms with van der Waals surface area (Å²) in [4.78, 5) is 6.71. The van der Waals surface area contributed by atoms with Crippen LogP contribution >= 0.6 is 0 Å². The third-order valence-corrected chi connectivity index (χ3v) is 4.95. The van der Waals surface area contributed by atoms with Crippen LogP contribution in [0.25, 0.3) is 0 Å². The zero-order valence-electron chi connectivity index (χ0n) is 16.9. The van der Waals surface area contributed by atoms with Crippen molar-refractivity contribution < 1.29 is 13.9 Å². The third kappa shape index (κ3) is 4.98. The van der Waals surface area contributed by atoms with Gasteiger partial charge in [-0.15, -0.1) is 0 Å². The molecule has 1 aromatic carbocycles. The lowest BCUT2D eigenvalue weighted by molar-refractivity contribution is 0.174. The highest BCUT2D eigenvalue weighted by Gasteiger charge is 2.20. The van der Waals surface area contributed by atoms with E-state index in [1.54, 1.807) is 13.3 Å². The summed E-state index contributed by atoms with van der Waals surface area (Å²) < 4.78 is 16.5. The Morgan fingerprint density at radius 3 is 2.68 bits per heavy atom. The van der Waals surface area contributed by atoms with Crippen LogP contribution in [-0.2, 0) is 6.42 Å². The molecule has 3 rings (SSSR count). The molecule has 1 aliphatic heterocycles. The van der Waals surface area contributed by atoms with Crippen molar-refractivity contribution in [3.63, 3.8) is 0 Å². The van der Waals surface area contributed by atoms with Crippen LogP contribution in [0.5, 0.6) is 11.5 Å². The minimum absolute atomic E-state index is 0.164. The van der Waals surface area contributed by atoms with Crippen LogP contribution in [0.2, 0.25) is 0 Å². The molecule has 0 amide bonds. The van der Waals surface area contributed by atoms with E-state index in [4.69, 9.17) is 13.9 Å². The average molecular weight is 386 g/mol. The van der Waals surface area contributed by atoms with Crippen LogP contribution < -0.4 is 20.1 Å². The van der Waals surface area contributed by atoms with E-state index >= 15 is 0 Å². The molecule has 28 heavy (non-hydrogen) atoms. The molecule has 152 valence electrons. The van der Waals surface area contributed by atoms with E-state index < -0.39 is 0 Å². The SMILES string of the molecule is CCN(CC)C(CNC(=NC)NCCc1ccc2c(c1)OCO2)c1ccco1. The number of aliphatic imine (C=N–C) groups is 1. The summed E-state index contributed by atoms with van der Waals surface area (Å²) in [6, 6.07) is 10.2. The monoisotopic (exact) mass is 386 g/mol. The van der Waals surface area contributed by atoms with Crippen LogP contribution in [0.3, 0.4) is 0 Å². The van der Waals surface area contributed by atoms with Gasteiger partial charge in [-0.3, -0.25) is 9.89 Å². The number of furan rings is 1. The number of nitrogens with zero attached hydrogens (tertiary/aromatic N) is 2. The van der Waals surface area contributed by atoms with Gasteiger partial charge in [0, 0.05) is 20.1 Å². The fourth-order valence-electron chi connectivity index (χ4n) is 3.39. The number of rotatable bonds is 9. The number of hydrogen-bond donors (Lipinski definition) is 2. The van der Waals surface area contributed by atoms with Crippen LogP contribution in [0.1, 0.15) is 31.2 Å². The molecule has 2 N–H and O–H groups in total. The van der Waals surface area contributed by atoms with Crippen LogP contribution in [0, 0.1) is 0 Å². The molecule has 2 heterocycles. The van der Waals surface area contributed by atoms with Gasteiger partial charge in [0.05, 0.1) is 12.3 Å². The van der Waals surface area contributed by atoms with Crippen molar-refractivity contribution in [3.05, 3.63) is 47.9 Å². The summed E-state index contributed by atoms with van der Waals surface area (Å²) in [5, 5.41) is 6.81. The second kappa shape index (κ2) is 10.0. The molecular formula is C21H30N4O3. The molecule has 2 aromatic rings. The summed E-state index contributed by atoms with van der Waals surface area (Å²) in [7, 11) is 1.79. The molecule has 1 aromatic heterocycles. The molecule has 0 spiro atoms. The third-order valence-electron chi connectivity index (χ3n) is 4.95. The number of likely N-dealkylation sites (N-methyl/N-ethyl adjacent to an activating group) is 1. The Bertz CT molecular complexity index is 757. The van der Waals surface area contributed by atoms with E-state index in [-0.39, 0.29) is 6.04 Å². The molecule has 7 nitrogen and oxygen atoms in total. The lowest BCUT2D eigenvalue weighted by Gasteiger charge is -2.28. The Labute approximate surface area is 166 Å². The van der Waals surface area contributed by atoms with Crippen molar-refractivity contribution in [3.8, 4) is 11.5 Å². The largest absolute Gasteiger partial charge is 0.468 e. The van der Waals surface area contributed by atoms with Gasteiger partial charge in [-0.1, -0.05) is 19.9 Å². The van der Waals surface area contributed by atoms with Crippen LogP contribution in [0.15, 0.2) is 46.0 Å². The number of fused-ring (bicyclic) bond motifs is 1. The molecule has 0 fully saturated rings. The topological polar surface area (TPSA) is 71.3 Å². The number of hydrogen-bond acceptors (Lipinski definition) is 5. The molecule has 1 aliphatic rings. The maximum absolute atomic E-state index is 5.66. The first kappa shape index (κ1) is 20.1. The van der Waals surface area contributed by atoms with Gasteiger partial charge < -0.3 is 24.5 Å². The Morgan fingerprint density at radius 1 is 1.14 bits per heavy atom. The van der Waals surface area contributed by atoms with Crippen molar-refractivity contribution in [1.29, 1.82) is 0 Å². The smallest absolute Gasteiger partial charge is 0.231 e. The molecule has 1 atom stereocenters. The minimum atomic E-state index is 0.164. The maximum atomic E-state index is 5.66. The highest BCUT2D eigenvalue weighted by molar-refractivity contribution is 5.79. The molecule has 7 heteroatoms. The molecule has 0 saturated heterocycles. The lowest BCUT2D eigenvalue weighted by atomic mass is 10.1. The predicted octanol–water partition coefficient (Wildman–Crippen LogP) is 2.80. The van der Waals surface area contributed by atoms with E-state index in [1.165, 1.54) is 5.56 Å². The zero-order chi connectivity index (χ0) is 19.8. The molecular weight excluding hydrogens is 356 g/mol. The summed E-state index contributed by atoms with van der Waals surface area (Å²) in [6.07, 6.45) is 2.60. The summed E-state index contributed by atoms with van der Waals surface area (Å²) >= 11 is 0. The molecule has 0 bridgehead atoms. The Balaban J connectivity index is 1.50. The van der Waals surface area contributed by atoms with E-state index in [0.29, 0.717) is 6.79 Å². The van der Waals surface area contributed by atoms with Gasteiger partial charge >= 0.3 is 0 Å². The van der Waals surface area contributed by atoms with E-state index in [9.17, 15) is 0 Å². The zero-order valence-corrected chi connectivity index (χ0v) is 16.9. The first-order valence-corrected chi connectivity index (χ1v) is 9.85. The van der Waals surface area contributed by atoms with Gasteiger partial charge in [0.25, 0.3) is 0 Å². The quantitative estimate of drug-likeness (QED) is 0.510. The molecule has 0 aliphatic carbocycles. The molecule has 0 saturated carbocycles. The number of ether oxygens (including phenoxy) is 2. The second-order valence-corrected chi connectivity index (χ2v) is 6.57. The van der Waals surface area contributed by atoms with Crippen molar-refractivity contribution in [1.82, 2.24) is 15.5 Å². The first-order chi connectivity index (χ1) is 13.7. The van der Waals surface area contributed by atoms with Crippen LogP contribution in [0.4, 0.5) is 0 Å².